The second-order valence-electron chi connectivity index (χ2n) is 5.95. The van der Waals surface area contributed by atoms with Gasteiger partial charge in [-0.15, -0.1) is 0 Å². The van der Waals surface area contributed by atoms with Gasteiger partial charge in [0.25, 0.3) is 5.91 Å². The molecule has 2 rings (SSSR count). The molecule has 1 saturated heterocycles. The molecule has 0 spiro atoms. The van der Waals surface area contributed by atoms with Crippen LogP contribution in [0.15, 0.2) is 10.8 Å². The maximum absolute atomic E-state index is 11.9. The standard InChI is InChI=1S/C16H26N2O2S/c1-12-10-21-11-15(12)16(19)17-6-4-5-7-18-8-13(2)20-14(3)9-18/h10-11,13-14H,4-9H2,1-3H3,(H,17,19)/t13-,14-/m0/s1. The van der Waals surface area contributed by atoms with Crippen LogP contribution >= 0.6 is 11.3 Å². The normalized spacial score (nSPS) is 23.2. The van der Waals surface area contributed by atoms with E-state index in [4.69, 9.17) is 4.74 Å². The fraction of sp³-hybridized carbons (Fsp3) is 0.688. The van der Waals surface area contributed by atoms with E-state index in [9.17, 15) is 4.79 Å². The number of hydrogen-bond acceptors (Lipinski definition) is 4. The molecule has 0 radical (unpaired) electrons. The summed E-state index contributed by atoms with van der Waals surface area (Å²) in [5, 5.41) is 6.93. The van der Waals surface area contributed by atoms with E-state index >= 15 is 0 Å². The Kier molecular flexibility index (Phi) is 6.21. The van der Waals surface area contributed by atoms with Crippen LogP contribution in [0.5, 0.6) is 0 Å². The van der Waals surface area contributed by atoms with E-state index in [1.54, 1.807) is 11.3 Å². The zero-order valence-electron chi connectivity index (χ0n) is 13.2. The summed E-state index contributed by atoms with van der Waals surface area (Å²) < 4.78 is 5.73. The van der Waals surface area contributed by atoms with Crippen LogP contribution < -0.4 is 5.32 Å². The lowest BCUT2D eigenvalue weighted by Gasteiger charge is -2.35. The minimum atomic E-state index is 0.0577. The van der Waals surface area contributed by atoms with Crippen LogP contribution in [0, 0.1) is 6.92 Å². The Labute approximate surface area is 131 Å². The largest absolute Gasteiger partial charge is 0.373 e. The highest BCUT2D eigenvalue weighted by Crippen LogP contribution is 2.13. The monoisotopic (exact) mass is 310 g/mol. The number of hydrogen-bond donors (Lipinski definition) is 1. The first-order chi connectivity index (χ1) is 10.1. The Morgan fingerprint density at radius 2 is 2.05 bits per heavy atom. The van der Waals surface area contributed by atoms with E-state index in [-0.39, 0.29) is 5.91 Å². The maximum Gasteiger partial charge on any atom is 0.252 e. The summed E-state index contributed by atoms with van der Waals surface area (Å²) in [7, 11) is 0. The van der Waals surface area contributed by atoms with Crippen molar-refractivity contribution in [1.82, 2.24) is 10.2 Å². The first kappa shape index (κ1) is 16.5. The van der Waals surface area contributed by atoms with Gasteiger partial charge in [0.1, 0.15) is 0 Å². The Balaban J connectivity index is 1.60. The number of aryl methyl sites for hydroxylation is 1. The number of ether oxygens (including phenoxy) is 1. The van der Waals surface area contributed by atoms with Gasteiger partial charge in [0, 0.05) is 25.0 Å². The van der Waals surface area contributed by atoms with Crippen LogP contribution in [0.3, 0.4) is 0 Å². The molecule has 0 saturated carbocycles. The van der Waals surface area contributed by atoms with Gasteiger partial charge in [-0.25, -0.2) is 0 Å². The Hall–Kier alpha value is -0.910. The van der Waals surface area contributed by atoms with Gasteiger partial charge in [0.05, 0.1) is 17.8 Å². The molecule has 5 heteroatoms. The third-order valence-electron chi connectivity index (χ3n) is 3.78. The summed E-state index contributed by atoms with van der Waals surface area (Å²) in [6.07, 6.45) is 2.79. The average molecular weight is 310 g/mol. The molecule has 1 N–H and O–H groups in total. The summed E-state index contributed by atoms with van der Waals surface area (Å²) in [4.78, 5) is 14.4. The van der Waals surface area contributed by atoms with Gasteiger partial charge in [0.15, 0.2) is 0 Å². The number of unbranched alkanes of at least 4 members (excludes halogenated alkanes) is 1. The molecule has 2 heterocycles. The summed E-state index contributed by atoms with van der Waals surface area (Å²) in [6, 6.07) is 0. The number of rotatable bonds is 6. The van der Waals surface area contributed by atoms with Crippen molar-refractivity contribution in [2.75, 3.05) is 26.2 Å². The minimum absolute atomic E-state index is 0.0577. The van der Waals surface area contributed by atoms with Crippen molar-refractivity contribution < 1.29 is 9.53 Å². The quantitative estimate of drug-likeness (QED) is 0.821. The second kappa shape index (κ2) is 7.92. The van der Waals surface area contributed by atoms with E-state index < -0.39 is 0 Å². The lowest BCUT2D eigenvalue weighted by Crippen LogP contribution is -2.45. The van der Waals surface area contributed by atoms with Crippen LogP contribution in [-0.4, -0.2) is 49.2 Å². The van der Waals surface area contributed by atoms with Gasteiger partial charge in [-0.1, -0.05) is 0 Å². The number of amides is 1. The molecule has 0 unspecified atom stereocenters. The number of morpholine rings is 1. The predicted octanol–water partition coefficient (Wildman–Crippen LogP) is 2.68. The van der Waals surface area contributed by atoms with Gasteiger partial charge in [-0.3, -0.25) is 9.69 Å². The van der Waals surface area contributed by atoms with Crippen LogP contribution in [0.1, 0.15) is 42.6 Å². The molecule has 1 aliphatic heterocycles. The Morgan fingerprint density at radius 1 is 1.33 bits per heavy atom. The molecular weight excluding hydrogens is 284 g/mol. The highest BCUT2D eigenvalue weighted by atomic mass is 32.1. The van der Waals surface area contributed by atoms with Crippen molar-refractivity contribution in [1.29, 1.82) is 0 Å². The zero-order valence-corrected chi connectivity index (χ0v) is 14.0. The fourth-order valence-corrected chi connectivity index (χ4v) is 3.65. The van der Waals surface area contributed by atoms with Crippen LogP contribution in [0.4, 0.5) is 0 Å². The molecule has 1 aromatic heterocycles. The average Bonchev–Trinajstić information content (AvgIpc) is 2.83. The first-order valence-electron chi connectivity index (χ1n) is 7.75. The van der Waals surface area contributed by atoms with E-state index in [0.29, 0.717) is 12.2 Å². The number of carbonyl (C=O) groups excluding carboxylic acids is 1. The number of nitrogens with one attached hydrogen (secondary N) is 1. The molecule has 4 nitrogen and oxygen atoms in total. The van der Waals surface area contributed by atoms with Gasteiger partial charge in [0.2, 0.25) is 0 Å². The lowest BCUT2D eigenvalue weighted by molar-refractivity contribution is -0.0681. The summed E-state index contributed by atoms with van der Waals surface area (Å²) >= 11 is 1.58. The van der Waals surface area contributed by atoms with Gasteiger partial charge >= 0.3 is 0 Å². The molecule has 0 bridgehead atoms. The van der Waals surface area contributed by atoms with Gasteiger partial charge in [-0.05, 0) is 51.1 Å². The van der Waals surface area contributed by atoms with Crippen LogP contribution in [-0.2, 0) is 4.74 Å². The Bertz CT molecular complexity index is 451. The second-order valence-corrected chi connectivity index (χ2v) is 6.69. The number of carbonyl (C=O) groups is 1. The maximum atomic E-state index is 11.9. The molecule has 2 atom stereocenters. The van der Waals surface area contributed by atoms with Crippen molar-refractivity contribution in [3.05, 3.63) is 21.9 Å². The van der Waals surface area contributed by atoms with E-state index in [2.05, 4.69) is 24.1 Å². The summed E-state index contributed by atoms with van der Waals surface area (Å²) in [5.74, 6) is 0.0577. The smallest absolute Gasteiger partial charge is 0.252 e. The molecule has 0 aliphatic carbocycles. The molecular formula is C16H26N2O2S. The van der Waals surface area contributed by atoms with Crippen LogP contribution in [0.25, 0.3) is 0 Å². The van der Waals surface area contributed by atoms with Gasteiger partial charge in [-0.2, -0.15) is 11.3 Å². The molecule has 0 aromatic carbocycles. The topological polar surface area (TPSA) is 41.6 Å². The summed E-state index contributed by atoms with van der Waals surface area (Å²) in [6.45, 7) is 10.1. The zero-order chi connectivity index (χ0) is 15.2. The van der Waals surface area contributed by atoms with E-state index in [0.717, 1.165) is 50.1 Å². The number of thiophene rings is 1. The van der Waals surface area contributed by atoms with Crippen molar-refractivity contribution in [2.45, 2.75) is 45.8 Å². The molecule has 118 valence electrons. The molecule has 21 heavy (non-hydrogen) atoms. The van der Waals surface area contributed by atoms with Crippen molar-refractivity contribution >= 4 is 17.2 Å². The van der Waals surface area contributed by atoms with E-state index in [1.165, 1.54) is 0 Å². The third-order valence-corrected chi connectivity index (χ3v) is 4.64. The van der Waals surface area contributed by atoms with Crippen molar-refractivity contribution in [3.8, 4) is 0 Å². The lowest BCUT2D eigenvalue weighted by atomic mass is 10.2. The molecule has 1 aliphatic rings. The SMILES string of the molecule is Cc1cscc1C(=O)NCCCCN1C[C@H](C)O[C@@H](C)C1. The Morgan fingerprint density at radius 3 is 2.67 bits per heavy atom. The third kappa shape index (κ3) is 5.09. The predicted molar refractivity (Wildman–Crippen MR) is 87.1 cm³/mol. The first-order valence-corrected chi connectivity index (χ1v) is 8.69. The van der Waals surface area contributed by atoms with Gasteiger partial charge < -0.3 is 10.1 Å². The molecule has 1 aromatic rings. The van der Waals surface area contributed by atoms with Crippen LogP contribution in [0.2, 0.25) is 0 Å². The molecule has 1 fully saturated rings. The molecule has 1 amide bonds. The number of nitrogens with zero attached hydrogens (tertiary/aromatic N) is 1. The summed E-state index contributed by atoms with van der Waals surface area (Å²) in [5.41, 5.74) is 1.88. The highest BCUT2D eigenvalue weighted by molar-refractivity contribution is 7.08. The minimum Gasteiger partial charge on any atom is -0.373 e. The highest BCUT2D eigenvalue weighted by Gasteiger charge is 2.21. The van der Waals surface area contributed by atoms with Crippen molar-refractivity contribution in [2.24, 2.45) is 0 Å². The van der Waals surface area contributed by atoms with Crippen molar-refractivity contribution in [3.63, 3.8) is 0 Å². The fourth-order valence-electron chi connectivity index (χ4n) is 2.82. The van der Waals surface area contributed by atoms with E-state index in [1.807, 2.05) is 17.7 Å².